The molecule has 0 saturated carbocycles. The van der Waals surface area contributed by atoms with Crippen LogP contribution in [0.3, 0.4) is 0 Å². The first-order chi connectivity index (χ1) is 12.1. The van der Waals surface area contributed by atoms with Crippen LogP contribution in [0, 0.1) is 5.41 Å². The van der Waals surface area contributed by atoms with Crippen molar-refractivity contribution in [1.29, 1.82) is 0 Å². The summed E-state index contributed by atoms with van der Waals surface area (Å²) >= 11 is 0. The van der Waals surface area contributed by atoms with E-state index in [0.29, 0.717) is 12.2 Å². The molecule has 2 aromatic rings. The molecule has 3 heterocycles. The minimum atomic E-state index is -0.509. The molecule has 0 radical (unpaired) electrons. The van der Waals surface area contributed by atoms with E-state index in [-0.39, 0.29) is 17.6 Å². The van der Waals surface area contributed by atoms with Gasteiger partial charge in [-0.15, -0.1) is 0 Å². The third-order valence-electron chi connectivity index (χ3n) is 4.27. The van der Waals surface area contributed by atoms with Crippen LogP contribution in [0.1, 0.15) is 41.0 Å². The summed E-state index contributed by atoms with van der Waals surface area (Å²) in [6.07, 6.45) is 5.59. The van der Waals surface area contributed by atoms with Crippen molar-refractivity contribution in [2.75, 3.05) is 18.0 Å². The number of carbonyl (C=O) groups is 1. The highest BCUT2D eigenvalue weighted by molar-refractivity contribution is 5.85. The Morgan fingerprint density at radius 1 is 1.23 bits per heavy atom. The number of anilines is 1. The van der Waals surface area contributed by atoms with Gasteiger partial charge in [-0.1, -0.05) is 13.8 Å². The van der Waals surface area contributed by atoms with E-state index in [0.717, 1.165) is 24.2 Å². The van der Waals surface area contributed by atoms with E-state index < -0.39 is 5.60 Å². The van der Waals surface area contributed by atoms with E-state index in [9.17, 15) is 4.79 Å². The standard InChI is InChI=1S/C19H27N5O2/c1-18(2,3)26-17(25)23-13-10-19(4,5)12-24(11-13)14-6-7-21-16-15(14)20-8-9-22-16/h6-9,13H,10-12H2,1-5H3,(H,23,25). The zero-order valence-corrected chi connectivity index (χ0v) is 16.1. The second kappa shape index (κ2) is 6.70. The van der Waals surface area contributed by atoms with Crippen molar-refractivity contribution in [3.05, 3.63) is 24.7 Å². The summed E-state index contributed by atoms with van der Waals surface area (Å²) in [6.45, 7) is 11.6. The topological polar surface area (TPSA) is 80.2 Å². The van der Waals surface area contributed by atoms with Crippen molar-refractivity contribution in [3.63, 3.8) is 0 Å². The Kier molecular flexibility index (Phi) is 4.73. The average molecular weight is 357 g/mol. The zero-order chi connectivity index (χ0) is 18.9. The average Bonchev–Trinajstić information content (AvgIpc) is 2.50. The number of nitrogens with one attached hydrogen (secondary N) is 1. The first kappa shape index (κ1) is 18.4. The fourth-order valence-corrected chi connectivity index (χ4v) is 3.52. The van der Waals surface area contributed by atoms with Crippen molar-refractivity contribution < 1.29 is 9.53 Å². The van der Waals surface area contributed by atoms with Gasteiger partial charge in [0.2, 0.25) is 0 Å². The molecule has 140 valence electrons. The van der Waals surface area contributed by atoms with Gasteiger partial charge >= 0.3 is 6.09 Å². The molecule has 0 bridgehead atoms. The molecule has 2 aromatic heterocycles. The lowest BCUT2D eigenvalue weighted by Crippen LogP contribution is -2.54. The Morgan fingerprint density at radius 2 is 1.92 bits per heavy atom. The highest BCUT2D eigenvalue weighted by Crippen LogP contribution is 2.33. The lowest BCUT2D eigenvalue weighted by Gasteiger charge is -2.43. The number of nitrogens with zero attached hydrogens (tertiary/aromatic N) is 4. The van der Waals surface area contributed by atoms with Gasteiger partial charge in [0.1, 0.15) is 11.1 Å². The first-order valence-electron chi connectivity index (χ1n) is 8.93. The van der Waals surface area contributed by atoms with E-state index >= 15 is 0 Å². The highest BCUT2D eigenvalue weighted by Gasteiger charge is 2.35. The van der Waals surface area contributed by atoms with E-state index in [1.807, 2.05) is 26.8 Å². The van der Waals surface area contributed by atoms with Crippen LogP contribution >= 0.6 is 0 Å². The van der Waals surface area contributed by atoms with Gasteiger partial charge in [0, 0.05) is 31.7 Å². The van der Waals surface area contributed by atoms with Gasteiger partial charge in [-0.3, -0.25) is 0 Å². The number of pyridine rings is 1. The van der Waals surface area contributed by atoms with Gasteiger partial charge in [-0.05, 0) is 38.7 Å². The molecule has 1 atom stereocenters. The van der Waals surface area contributed by atoms with E-state index in [4.69, 9.17) is 4.74 Å². The maximum absolute atomic E-state index is 12.2. The predicted molar refractivity (Wildman–Crippen MR) is 101 cm³/mol. The molecular weight excluding hydrogens is 330 g/mol. The molecule has 1 saturated heterocycles. The monoisotopic (exact) mass is 357 g/mol. The summed E-state index contributed by atoms with van der Waals surface area (Å²) < 4.78 is 5.42. The summed E-state index contributed by atoms with van der Waals surface area (Å²) in [5.41, 5.74) is 1.93. The Labute approximate surface area is 154 Å². The maximum Gasteiger partial charge on any atom is 0.407 e. The largest absolute Gasteiger partial charge is 0.444 e. The van der Waals surface area contributed by atoms with Crippen molar-refractivity contribution in [3.8, 4) is 0 Å². The van der Waals surface area contributed by atoms with Crippen LogP contribution in [-0.2, 0) is 4.74 Å². The van der Waals surface area contributed by atoms with Gasteiger partial charge in [0.15, 0.2) is 5.65 Å². The fourth-order valence-electron chi connectivity index (χ4n) is 3.52. The third-order valence-corrected chi connectivity index (χ3v) is 4.27. The summed E-state index contributed by atoms with van der Waals surface area (Å²) in [5.74, 6) is 0. The quantitative estimate of drug-likeness (QED) is 0.889. The lowest BCUT2D eigenvalue weighted by molar-refractivity contribution is 0.0484. The van der Waals surface area contributed by atoms with Crippen LogP contribution in [0.5, 0.6) is 0 Å². The molecule has 1 aliphatic rings. The smallest absolute Gasteiger partial charge is 0.407 e. The normalized spacial score (nSPS) is 20.0. The van der Waals surface area contributed by atoms with Crippen molar-refractivity contribution in [2.45, 2.75) is 52.7 Å². The second-order valence-corrected chi connectivity index (χ2v) is 8.65. The number of carbonyl (C=O) groups excluding carboxylic acids is 1. The Bertz CT molecular complexity index is 795. The molecule has 0 aliphatic carbocycles. The third kappa shape index (κ3) is 4.39. The minimum Gasteiger partial charge on any atom is -0.444 e. The van der Waals surface area contributed by atoms with Crippen LogP contribution in [-0.4, -0.2) is 45.8 Å². The highest BCUT2D eigenvalue weighted by atomic mass is 16.6. The van der Waals surface area contributed by atoms with Crippen molar-refractivity contribution >= 4 is 22.9 Å². The minimum absolute atomic E-state index is 0.00603. The summed E-state index contributed by atoms with van der Waals surface area (Å²) in [7, 11) is 0. The number of alkyl carbamates (subject to hydrolysis) is 1. The molecule has 1 unspecified atom stereocenters. The van der Waals surface area contributed by atoms with Gasteiger partial charge in [-0.2, -0.15) is 0 Å². The number of rotatable bonds is 2. The van der Waals surface area contributed by atoms with Gasteiger partial charge in [0.05, 0.1) is 11.7 Å². The summed E-state index contributed by atoms with van der Waals surface area (Å²) in [4.78, 5) is 27.5. The number of ether oxygens (including phenoxy) is 1. The number of hydrogen-bond acceptors (Lipinski definition) is 6. The Balaban J connectivity index is 1.83. The van der Waals surface area contributed by atoms with Gasteiger partial charge in [-0.25, -0.2) is 19.7 Å². The molecular formula is C19H27N5O2. The van der Waals surface area contributed by atoms with Crippen LogP contribution in [0.2, 0.25) is 0 Å². The van der Waals surface area contributed by atoms with Gasteiger partial charge in [0.25, 0.3) is 0 Å². The van der Waals surface area contributed by atoms with Crippen LogP contribution in [0.25, 0.3) is 11.2 Å². The number of hydrogen-bond donors (Lipinski definition) is 1. The number of aromatic nitrogens is 3. The van der Waals surface area contributed by atoms with E-state index in [2.05, 4.69) is 39.0 Å². The number of fused-ring (bicyclic) bond motifs is 1. The zero-order valence-electron chi connectivity index (χ0n) is 16.1. The summed E-state index contributed by atoms with van der Waals surface area (Å²) in [5, 5.41) is 3.02. The van der Waals surface area contributed by atoms with Crippen LogP contribution < -0.4 is 10.2 Å². The molecule has 1 fully saturated rings. The second-order valence-electron chi connectivity index (χ2n) is 8.65. The molecule has 1 aliphatic heterocycles. The molecule has 7 nitrogen and oxygen atoms in total. The Hall–Kier alpha value is -2.44. The number of amides is 1. The first-order valence-corrected chi connectivity index (χ1v) is 8.93. The van der Waals surface area contributed by atoms with Gasteiger partial charge < -0.3 is 15.0 Å². The molecule has 1 amide bonds. The lowest BCUT2D eigenvalue weighted by atomic mass is 9.81. The van der Waals surface area contributed by atoms with Crippen molar-refractivity contribution in [1.82, 2.24) is 20.3 Å². The van der Waals surface area contributed by atoms with Crippen molar-refractivity contribution in [2.24, 2.45) is 5.41 Å². The fraction of sp³-hybridized carbons (Fsp3) is 0.579. The molecule has 26 heavy (non-hydrogen) atoms. The SMILES string of the molecule is CC1(C)CC(NC(=O)OC(C)(C)C)CN(c2ccnc3nccnc23)C1. The Morgan fingerprint density at radius 3 is 2.65 bits per heavy atom. The van der Waals surface area contributed by atoms with E-state index in [1.165, 1.54) is 0 Å². The summed E-state index contributed by atoms with van der Waals surface area (Å²) in [6, 6.07) is 1.96. The van der Waals surface area contributed by atoms with E-state index in [1.54, 1.807) is 18.6 Å². The molecule has 7 heteroatoms. The van der Waals surface area contributed by atoms with Crippen LogP contribution in [0.15, 0.2) is 24.7 Å². The molecule has 3 rings (SSSR count). The molecule has 0 spiro atoms. The maximum atomic E-state index is 12.2. The molecule has 0 aromatic carbocycles. The van der Waals surface area contributed by atoms with Crippen LogP contribution in [0.4, 0.5) is 10.5 Å². The predicted octanol–water partition coefficient (Wildman–Crippen LogP) is 3.15. The molecule has 1 N–H and O–H groups in total. The number of piperidine rings is 1.